The highest BCUT2D eigenvalue weighted by molar-refractivity contribution is 5.48. The summed E-state index contributed by atoms with van der Waals surface area (Å²) in [4.78, 5) is 5.51. The van der Waals surface area contributed by atoms with Gasteiger partial charge in [0.25, 0.3) is 0 Å². The van der Waals surface area contributed by atoms with Crippen molar-refractivity contribution >= 4 is 5.69 Å². The van der Waals surface area contributed by atoms with Gasteiger partial charge >= 0.3 is 0 Å². The molecule has 108 valence electrons. The molecule has 0 bridgehead atoms. The van der Waals surface area contributed by atoms with E-state index in [4.69, 9.17) is 0 Å². The number of nitrogens with zero attached hydrogens (tertiary/aromatic N) is 2. The number of fused-ring (bicyclic) bond motifs is 1. The first-order chi connectivity index (χ1) is 9.93. The van der Waals surface area contributed by atoms with Crippen molar-refractivity contribution in [1.29, 1.82) is 0 Å². The fourth-order valence-electron chi connectivity index (χ4n) is 4.85. The SMILES string of the molecule is c1ccc(N2CCN3C(C4CCCC4)CCCC23)cc1. The molecule has 0 amide bonds. The second-order valence-corrected chi connectivity index (χ2v) is 6.79. The number of para-hydroxylation sites is 1. The van der Waals surface area contributed by atoms with Gasteiger partial charge in [0.05, 0.1) is 6.17 Å². The summed E-state index contributed by atoms with van der Waals surface area (Å²) in [5, 5.41) is 0. The van der Waals surface area contributed by atoms with Crippen LogP contribution in [0.2, 0.25) is 0 Å². The number of hydrogen-bond donors (Lipinski definition) is 0. The predicted molar refractivity (Wildman–Crippen MR) is 83.9 cm³/mol. The van der Waals surface area contributed by atoms with Crippen molar-refractivity contribution < 1.29 is 0 Å². The third-order valence-electron chi connectivity index (χ3n) is 5.76. The highest BCUT2D eigenvalue weighted by Gasteiger charge is 2.42. The van der Waals surface area contributed by atoms with Crippen molar-refractivity contribution in [2.75, 3.05) is 18.0 Å². The molecule has 1 aliphatic carbocycles. The number of benzene rings is 1. The summed E-state index contributed by atoms with van der Waals surface area (Å²) in [7, 11) is 0. The van der Waals surface area contributed by atoms with Gasteiger partial charge in [-0.3, -0.25) is 4.90 Å². The van der Waals surface area contributed by atoms with Crippen LogP contribution < -0.4 is 4.90 Å². The molecule has 3 fully saturated rings. The zero-order valence-electron chi connectivity index (χ0n) is 12.4. The lowest BCUT2D eigenvalue weighted by Gasteiger charge is -2.43. The van der Waals surface area contributed by atoms with Crippen LogP contribution in [0.15, 0.2) is 30.3 Å². The molecule has 2 unspecified atom stereocenters. The van der Waals surface area contributed by atoms with E-state index in [0.29, 0.717) is 6.17 Å². The molecule has 4 rings (SSSR count). The van der Waals surface area contributed by atoms with Gasteiger partial charge in [0.2, 0.25) is 0 Å². The summed E-state index contributed by atoms with van der Waals surface area (Å²) in [6.45, 7) is 2.50. The molecule has 2 saturated heterocycles. The summed E-state index contributed by atoms with van der Waals surface area (Å²) in [6.07, 6.45) is 10.8. The monoisotopic (exact) mass is 270 g/mol. The van der Waals surface area contributed by atoms with Crippen LogP contribution in [-0.2, 0) is 0 Å². The Hall–Kier alpha value is -1.02. The molecule has 3 aliphatic rings. The standard InChI is InChI=1S/C18H26N2/c1-2-9-16(10-3-1)19-13-14-20-17(11-6-12-18(19)20)15-7-4-5-8-15/h1-3,9-10,15,17-18H,4-8,11-14H2. The minimum Gasteiger partial charge on any atom is -0.354 e. The van der Waals surface area contributed by atoms with Gasteiger partial charge in [0.15, 0.2) is 0 Å². The highest BCUT2D eigenvalue weighted by atomic mass is 15.4. The zero-order valence-corrected chi connectivity index (χ0v) is 12.4. The molecule has 0 spiro atoms. The van der Waals surface area contributed by atoms with E-state index in [-0.39, 0.29) is 0 Å². The maximum Gasteiger partial charge on any atom is 0.0824 e. The van der Waals surface area contributed by atoms with Crippen molar-refractivity contribution in [2.24, 2.45) is 5.92 Å². The van der Waals surface area contributed by atoms with Crippen molar-refractivity contribution in [3.8, 4) is 0 Å². The second-order valence-electron chi connectivity index (χ2n) is 6.79. The van der Waals surface area contributed by atoms with Gasteiger partial charge in [0.1, 0.15) is 0 Å². The summed E-state index contributed by atoms with van der Waals surface area (Å²) in [6, 6.07) is 11.9. The number of hydrogen-bond acceptors (Lipinski definition) is 2. The topological polar surface area (TPSA) is 6.48 Å². The van der Waals surface area contributed by atoms with E-state index >= 15 is 0 Å². The van der Waals surface area contributed by atoms with Crippen LogP contribution in [0.1, 0.15) is 44.9 Å². The van der Waals surface area contributed by atoms with E-state index in [1.54, 1.807) is 0 Å². The first-order valence-electron chi connectivity index (χ1n) is 8.51. The molecule has 1 aromatic carbocycles. The van der Waals surface area contributed by atoms with Crippen LogP contribution in [0, 0.1) is 5.92 Å². The first kappa shape index (κ1) is 12.7. The molecule has 2 heterocycles. The molecule has 0 N–H and O–H groups in total. The maximum absolute atomic E-state index is 2.85. The Labute approximate surface area is 122 Å². The average molecular weight is 270 g/mol. The molecule has 20 heavy (non-hydrogen) atoms. The molecule has 2 heteroatoms. The van der Waals surface area contributed by atoms with Crippen LogP contribution in [0.25, 0.3) is 0 Å². The van der Waals surface area contributed by atoms with Crippen molar-refractivity contribution in [2.45, 2.75) is 57.2 Å². The van der Waals surface area contributed by atoms with Crippen LogP contribution in [-0.4, -0.2) is 30.2 Å². The third kappa shape index (κ3) is 2.14. The number of anilines is 1. The Kier molecular flexibility index (Phi) is 3.43. The minimum absolute atomic E-state index is 0.678. The van der Waals surface area contributed by atoms with E-state index in [1.807, 2.05) is 0 Å². The Balaban J connectivity index is 1.54. The van der Waals surface area contributed by atoms with Crippen LogP contribution in [0.4, 0.5) is 5.69 Å². The molecule has 2 aliphatic heterocycles. The highest BCUT2D eigenvalue weighted by Crippen LogP contribution is 2.40. The zero-order chi connectivity index (χ0) is 13.4. The molecule has 1 saturated carbocycles. The molecule has 0 aromatic heterocycles. The van der Waals surface area contributed by atoms with Gasteiger partial charge in [-0.25, -0.2) is 0 Å². The Bertz CT molecular complexity index is 438. The maximum atomic E-state index is 2.85. The predicted octanol–water partition coefficient (Wildman–Crippen LogP) is 3.88. The largest absolute Gasteiger partial charge is 0.354 e. The van der Waals surface area contributed by atoms with E-state index in [0.717, 1.165) is 12.0 Å². The summed E-state index contributed by atoms with van der Waals surface area (Å²) in [5.74, 6) is 0.994. The first-order valence-corrected chi connectivity index (χ1v) is 8.51. The molecular weight excluding hydrogens is 244 g/mol. The lowest BCUT2D eigenvalue weighted by molar-refractivity contribution is 0.0820. The van der Waals surface area contributed by atoms with E-state index in [9.17, 15) is 0 Å². The Morgan fingerprint density at radius 1 is 0.800 bits per heavy atom. The van der Waals surface area contributed by atoms with E-state index in [1.165, 1.54) is 63.7 Å². The summed E-state index contributed by atoms with van der Waals surface area (Å²) >= 11 is 0. The van der Waals surface area contributed by atoms with Gasteiger partial charge in [-0.2, -0.15) is 0 Å². The van der Waals surface area contributed by atoms with E-state index < -0.39 is 0 Å². The Morgan fingerprint density at radius 3 is 2.40 bits per heavy atom. The molecule has 0 radical (unpaired) electrons. The van der Waals surface area contributed by atoms with Crippen LogP contribution in [0.5, 0.6) is 0 Å². The number of piperidine rings is 1. The van der Waals surface area contributed by atoms with Crippen molar-refractivity contribution in [1.82, 2.24) is 4.90 Å². The summed E-state index contributed by atoms with van der Waals surface area (Å²) in [5.41, 5.74) is 1.42. The van der Waals surface area contributed by atoms with Gasteiger partial charge in [-0.05, 0) is 50.2 Å². The average Bonchev–Trinajstić information content (AvgIpc) is 3.17. The molecular formula is C18H26N2. The second kappa shape index (κ2) is 5.40. The smallest absolute Gasteiger partial charge is 0.0824 e. The minimum atomic E-state index is 0.678. The van der Waals surface area contributed by atoms with Gasteiger partial charge in [-0.1, -0.05) is 31.0 Å². The van der Waals surface area contributed by atoms with Crippen molar-refractivity contribution in [3.63, 3.8) is 0 Å². The fraction of sp³-hybridized carbons (Fsp3) is 0.667. The molecule has 2 nitrogen and oxygen atoms in total. The van der Waals surface area contributed by atoms with Gasteiger partial charge in [-0.15, -0.1) is 0 Å². The van der Waals surface area contributed by atoms with Gasteiger partial charge in [0, 0.05) is 24.8 Å². The third-order valence-corrected chi connectivity index (χ3v) is 5.76. The van der Waals surface area contributed by atoms with Crippen LogP contribution >= 0.6 is 0 Å². The molecule has 1 aromatic rings. The van der Waals surface area contributed by atoms with E-state index in [2.05, 4.69) is 40.1 Å². The quantitative estimate of drug-likeness (QED) is 0.804. The van der Waals surface area contributed by atoms with Gasteiger partial charge < -0.3 is 4.90 Å². The van der Waals surface area contributed by atoms with Crippen molar-refractivity contribution in [3.05, 3.63) is 30.3 Å². The summed E-state index contributed by atoms with van der Waals surface area (Å²) < 4.78 is 0. The fourth-order valence-corrected chi connectivity index (χ4v) is 4.85. The van der Waals surface area contributed by atoms with Crippen LogP contribution in [0.3, 0.4) is 0 Å². The molecule has 2 atom stereocenters. The number of rotatable bonds is 2. The normalized spacial score (nSPS) is 31.7. The Morgan fingerprint density at radius 2 is 1.60 bits per heavy atom. The lowest BCUT2D eigenvalue weighted by atomic mass is 9.88. The lowest BCUT2D eigenvalue weighted by Crippen LogP contribution is -2.50.